The predicted octanol–water partition coefficient (Wildman–Crippen LogP) is -0.117. The highest BCUT2D eigenvalue weighted by atomic mass is 16.6. The van der Waals surface area contributed by atoms with E-state index in [0.29, 0.717) is 18.5 Å². The minimum Gasteiger partial charge on any atom is -0.467 e. The third-order valence-corrected chi connectivity index (χ3v) is 3.01. The van der Waals surface area contributed by atoms with Gasteiger partial charge in [-0.15, -0.1) is 5.10 Å². The number of nitro groups is 1. The Bertz CT molecular complexity index is 465. The summed E-state index contributed by atoms with van der Waals surface area (Å²) in [6, 6.07) is 1.24. The fourth-order valence-corrected chi connectivity index (χ4v) is 1.80. The number of esters is 1. The van der Waals surface area contributed by atoms with Crippen molar-refractivity contribution in [1.29, 1.82) is 0 Å². The van der Waals surface area contributed by atoms with Crippen LogP contribution in [-0.4, -0.2) is 39.4 Å². The first kappa shape index (κ1) is 11.5. The minimum absolute atomic E-state index is 0.261. The maximum Gasteiger partial charge on any atom is 0.342 e. The molecule has 1 aromatic rings. The molecule has 1 saturated carbocycles. The van der Waals surface area contributed by atoms with Crippen LogP contribution in [0.25, 0.3) is 0 Å². The normalized spacial score (nSPS) is 18.5. The van der Waals surface area contributed by atoms with Crippen LogP contribution in [-0.2, 0) is 14.9 Å². The van der Waals surface area contributed by atoms with E-state index in [1.54, 1.807) is 0 Å². The second kappa shape index (κ2) is 3.81. The van der Waals surface area contributed by atoms with E-state index in [0.717, 1.165) is 0 Å². The van der Waals surface area contributed by atoms with Gasteiger partial charge in [0.05, 0.1) is 18.6 Å². The molecule has 2 N–H and O–H groups in total. The molecule has 0 radical (unpaired) electrons. The minimum atomic E-state index is -1.34. The van der Waals surface area contributed by atoms with Crippen LogP contribution in [0, 0.1) is 10.1 Å². The molecule has 1 fully saturated rings. The maximum absolute atomic E-state index is 11.3. The third-order valence-electron chi connectivity index (χ3n) is 3.01. The van der Waals surface area contributed by atoms with Crippen molar-refractivity contribution in [3.8, 4) is 0 Å². The first-order valence-electron chi connectivity index (χ1n) is 4.97. The number of aromatic nitrogens is 2. The van der Waals surface area contributed by atoms with Gasteiger partial charge in [-0.25, -0.2) is 4.79 Å². The summed E-state index contributed by atoms with van der Waals surface area (Å²) in [6.45, 7) is 0. The number of carbonyl (C=O) groups is 1. The topological polar surface area (TPSA) is 118 Å². The summed E-state index contributed by atoms with van der Waals surface area (Å²) in [7, 11) is 1.18. The van der Waals surface area contributed by atoms with Gasteiger partial charge >= 0.3 is 11.8 Å². The van der Waals surface area contributed by atoms with E-state index >= 15 is 0 Å². The molecular formula is C9H11N3O5. The van der Waals surface area contributed by atoms with E-state index in [1.807, 2.05) is 0 Å². The van der Waals surface area contributed by atoms with Gasteiger partial charge in [-0.05, 0) is 17.8 Å². The van der Waals surface area contributed by atoms with Crippen LogP contribution in [0.3, 0.4) is 0 Å². The van der Waals surface area contributed by atoms with Crippen LogP contribution in [0.4, 0.5) is 5.82 Å². The van der Waals surface area contributed by atoms with Crippen molar-refractivity contribution in [2.24, 2.45) is 0 Å². The Morgan fingerprint density at radius 1 is 1.76 bits per heavy atom. The summed E-state index contributed by atoms with van der Waals surface area (Å²) in [5, 5.41) is 26.3. The number of methoxy groups -OCH3 is 1. The Labute approximate surface area is 95.7 Å². The zero-order chi connectivity index (χ0) is 12.6. The molecule has 0 amide bonds. The number of ether oxygens (including phenoxy) is 1. The van der Waals surface area contributed by atoms with Gasteiger partial charge in [0.1, 0.15) is 5.69 Å². The second-order valence-corrected chi connectivity index (χ2v) is 3.98. The maximum atomic E-state index is 11.3. The van der Waals surface area contributed by atoms with Gasteiger partial charge in [0.25, 0.3) is 0 Å². The summed E-state index contributed by atoms with van der Waals surface area (Å²) >= 11 is 0. The zero-order valence-electron chi connectivity index (χ0n) is 9.04. The van der Waals surface area contributed by atoms with Crippen LogP contribution >= 0.6 is 0 Å². The molecule has 0 spiro atoms. The van der Waals surface area contributed by atoms with Gasteiger partial charge < -0.3 is 20.0 Å². The molecule has 0 bridgehead atoms. The van der Waals surface area contributed by atoms with E-state index < -0.39 is 22.4 Å². The number of aliphatic hydroxyl groups excluding tert-OH is 1. The number of aliphatic hydroxyl groups is 1. The summed E-state index contributed by atoms with van der Waals surface area (Å²) in [4.78, 5) is 21.2. The lowest BCUT2D eigenvalue weighted by molar-refractivity contribution is -0.389. The van der Waals surface area contributed by atoms with Crippen molar-refractivity contribution >= 4 is 11.8 Å². The number of hydrogen-bond donors (Lipinski definition) is 2. The summed E-state index contributed by atoms with van der Waals surface area (Å²) in [5.41, 5.74) is -0.514. The van der Waals surface area contributed by atoms with E-state index in [4.69, 9.17) is 0 Å². The van der Waals surface area contributed by atoms with Crippen LogP contribution in [0.15, 0.2) is 6.07 Å². The van der Waals surface area contributed by atoms with E-state index in [1.165, 1.54) is 13.2 Å². The largest absolute Gasteiger partial charge is 0.467 e. The van der Waals surface area contributed by atoms with Crippen molar-refractivity contribution < 1.29 is 19.6 Å². The molecule has 17 heavy (non-hydrogen) atoms. The highest BCUT2D eigenvalue weighted by Crippen LogP contribution is 2.51. The molecule has 1 unspecified atom stereocenters. The van der Waals surface area contributed by atoms with Crippen LogP contribution in [0.5, 0.6) is 0 Å². The van der Waals surface area contributed by atoms with E-state index in [9.17, 15) is 20.0 Å². The molecule has 1 aliphatic carbocycles. The molecule has 0 aromatic carbocycles. The molecule has 2 rings (SSSR count). The van der Waals surface area contributed by atoms with E-state index in [2.05, 4.69) is 14.9 Å². The molecule has 1 heterocycles. The van der Waals surface area contributed by atoms with Gasteiger partial charge in [0, 0.05) is 0 Å². The number of H-pyrrole nitrogens is 1. The SMILES string of the molecule is COC(=O)C(O)C1(c2cc([N+](=O)[O-])[nH]n2)CC1. The molecule has 1 aromatic heterocycles. The quantitative estimate of drug-likeness (QED) is 0.431. The summed E-state index contributed by atoms with van der Waals surface area (Å²) in [6.07, 6.45) is -0.244. The Kier molecular flexibility index (Phi) is 2.58. The molecule has 0 aliphatic heterocycles. The van der Waals surface area contributed by atoms with Gasteiger partial charge in [0.15, 0.2) is 6.10 Å². The van der Waals surface area contributed by atoms with Crippen LogP contribution < -0.4 is 0 Å². The van der Waals surface area contributed by atoms with Gasteiger partial charge in [-0.3, -0.25) is 0 Å². The summed E-state index contributed by atoms with van der Waals surface area (Å²) in [5.74, 6) is -1.02. The van der Waals surface area contributed by atoms with Crippen LogP contribution in [0.2, 0.25) is 0 Å². The number of nitrogens with zero attached hydrogens (tertiary/aromatic N) is 2. The second-order valence-electron chi connectivity index (χ2n) is 3.98. The fraction of sp³-hybridized carbons (Fsp3) is 0.556. The van der Waals surface area contributed by atoms with E-state index in [-0.39, 0.29) is 5.82 Å². The highest BCUT2D eigenvalue weighted by molar-refractivity contribution is 5.77. The Morgan fingerprint density at radius 3 is 2.82 bits per heavy atom. The first-order chi connectivity index (χ1) is 8.01. The van der Waals surface area contributed by atoms with Crippen molar-refractivity contribution in [3.05, 3.63) is 21.9 Å². The van der Waals surface area contributed by atoms with Crippen LogP contribution in [0.1, 0.15) is 18.5 Å². The third kappa shape index (κ3) is 1.76. The molecule has 0 saturated heterocycles. The molecule has 8 heteroatoms. The molecule has 92 valence electrons. The van der Waals surface area contributed by atoms with Crippen molar-refractivity contribution in [3.63, 3.8) is 0 Å². The average Bonchev–Trinajstić information content (AvgIpc) is 2.97. The molecule has 1 aliphatic rings. The standard InChI is InChI=1S/C9H11N3O5/c1-17-8(14)7(13)9(2-3-9)5-4-6(11-10-5)12(15)16/h4,7,13H,2-3H2,1H3,(H,10,11). The van der Waals surface area contributed by atoms with Gasteiger partial charge in [-0.2, -0.15) is 0 Å². The monoisotopic (exact) mass is 241 g/mol. The number of hydrogen-bond acceptors (Lipinski definition) is 6. The molecule has 8 nitrogen and oxygen atoms in total. The lowest BCUT2D eigenvalue weighted by atomic mass is 9.95. The average molecular weight is 241 g/mol. The Hall–Kier alpha value is -1.96. The number of aromatic amines is 1. The number of carbonyl (C=O) groups excluding carboxylic acids is 1. The number of rotatable bonds is 4. The Balaban J connectivity index is 2.26. The first-order valence-corrected chi connectivity index (χ1v) is 4.97. The molecular weight excluding hydrogens is 230 g/mol. The zero-order valence-corrected chi connectivity index (χ0v) is 9.04. The highest BCUT2D eigenvalue weighted by Gasteiger charge is 2.56. The number of nitrogens with one attached hydrogen (secondary N) is 1. The molecule has 1 atom stereocenters. The smallest absolute Gasteiger partial charge is 0.342 e. The van der Waals surface area contributed by atoms with Gasteiger partial charge in [-0.1, -0.05) is 5.10 Å². The van der Waals surface area contributed by atoms with Gasteiger partial charge in [0.2, 0.25) is 0 Å². The Morgan fingerprint density at radius 2 is 2.41 bits per heavy atom. The van der Waals surface area contributed by atoms with Crippen molar-refractivity contribution in [1.82, 2.24) is 10.2 Å². The predicted molar refractivity (Wildman–Crippen MR) is 54.2 cm³/mol. The summed E-state index contributed by atoms with van der Waals surface area (Å²) < 4.78 is 4.45. The van der Waals surface area contributed by atoms with Crippen molar-refractivity contribution in [2.75, 3.05) is 7.11 Å². The lowest BCUT2D eigenvalue weighted by Crippen LogP contribution is -2.35. The lowest BCUT2D eigenvalue weighted by Gasteiger charge is -2.16. The fourth-order valence-electron chi connectivity index (χ4n) is 1.80. The van der Waals surface area contributed by atoms with Crippen molar-refractivity contribution in [2.45, 2.75) is 24.4 Å².